The molecule has 1 aliphatic rings. The Bertz CT molecular complexity index is 240. The van der Waals surface area contributed by atoms with Crippen molar-refractivity contribution < 1.29 is 13.2 Å². The number of hydrogen-bond donors (Lipinski definition) is 1. The maximum atomic E-state index is 12.7. The number of nitrogens with two attached hydrogens (primary N) is 1. The van der Waals surface area contributed by atoms with E-state index in [1.54, 1.807) is 0 Å². The summed E-state index contributed by atoms with van der Waals surface area (Å²) < 4.78 is 38.2. The molecule has 1 rings (SSSR count). The van der Waals surface area contributed by atoms with Gasteiger partial charge in [0.2, 0.25) is 0 Å². The first-order chi connectivity index (χ1) is 8.95. The zero-order valence-electron chi connectivity index (χ0n) is 12.0. The molecule has 0 amide bonds. The van der Waals surface area contributed by atoms with Crippen LogP contribution in [0.4, 0.5) is 13.2 Å². The van der Waals surface area contributed by atoms with Crippen molar-refractivity contribution in [3.8, 4) is 0 Å². The average molecular weight is 279 g/mol. The van der Waals surface area contributed by atoms with Gasteiger partial charge in [0.25, 0.3) is 0 Å². The van der Waals surface area contributed by atoms with Gasteiger partial charge in [-0.15, -0.1) is 0 Å². The highest BCUT2D eigenvalue weighted by atomic mass is 19.4. The molecule has 3 atom stereocenters. The molecule has 1 saturated carbocycles. The molecule has 19 heavy (non-hydrogen) atoms. The number of unbranched alkanes of at least 4 members (excludes halogenated alkanes) is 4. The maximum absolute atomic E-state index is 12.7. The lowest BCUT2D eigenvalue weighted by molar-refractivity contribution is -0.186. The van der Waals surface area contributed by atoms with Crippen molar-refractivity contribution in [3.63, 3.8) is 0 Å². The molecule has 3 unspecified atom stereocenters. The van der Waals surface area contributed by atoms with Crippen molar-refractivity contribution >= 4 is 0 Å². The Kier molecular flexibility index (Phi) is 7.19. The standard InChI is InChI=1S/C15H28F3N/c1-2-3-4-5-6-10-14(19)12-8-7-9-13(11-12)15(16,17)18/h12-14H,2-11,19H2,1H3. The molecular weight excluding hydrogens is 251 g/mol. The van der Waals surface area contributed by atoms with Crippen molar-refractivity contribution in [1.82, 2.24) is 0 Å². The average Bonchev–Trinajstić information content (AvgIpc) is 2.37. The predicted molar refractivity (Wildman–Crippen MR) is 72.9 cm³/mol. The van der Waals surface area contributed by atoms with Crippen LogP contribution in [-0.4, -0.2) is 12.2 Å². The van der Waals surface area contributed by atoms with E-state index in [1.165, 1.54) is 19.3 Å². The van der Waals surface area contributed by atoms with Crippen LogP contribution in [-0.2, 0) is 0 Å². The second-order valence-electron chi connectivity index (χ2n) is 6.03. The minimum atomic E-state index is -4.03. The van der Waals surface area contributed by atoms with E-state index in [0.29, 0.717) is 12.8 Å². The molecule has 0 heterocycles. The third-order valence-corrected chi connectivity index (χ3v) is 4.42. The van der Waals surface area contributed by atoms with Gasteiger partial charge < -0.3 is 5.73 Å². The van der Waals surface area contributed by atoms with E-state index in [9.17, 15) is 13.2 Å². The normalized spacial score (nSPS) is 26.4. The summed E-state index contributed by atoms with van der Waals surface area (Å²) in [4.78, 5) is 0. The molecule has 0 spiro atoms. The molecule has 1 fully saturated rings. The highest BCUT2D eigenvalue weighted by Crippen LogP contribution is 2.41. The topological polar surface area (TPSA) is 26.0 Å². The largest absolute Gasteiger partial charge is 0.391 e. The molecule has 0 aliphatic heterocycles. The van der Waals surface area contributed by atoms with E-state index >= 15 is 0 Å². The molecule has 0 aromatic heterocycles. The Balaban J connectivity index is 2.26. The second kappa shape index (κ2) is 8.13. The van der Waals surface area contributed by atoms with Crippen LogP contribution < -0.4 is 5.73 Å². The summed E-state index contributed by atoms with van der Waals surface area (Å²) in [6.07, 6.45) is 4.86. The molecule has 2 N–H and O–H groups in total. The lowest BCUT2D eigenvalue weighted by atomic mass is 9.76. The summed E-state index contributed by atoms with van der Waals surface area (Å²) in [5.74, 6) is -1.04. The smallest absolute Gasteiger partial charge is 0.327 e. The molecule has 0 aromatic rings. The number of rotatable bonds is 7. The van der Waals surface area contributed by atoms with E-state index in [0.717, 1.165) is 25.7 Å². The van der Waals surface area contributed by atoms with Crippen molar-refractivity contribution in [2.75, 3.05) is 0 Å². The Morgan fingerprint density at radius 3 is 2.42 bits per heavy atom. The molecular formula is C15H28F3N. The van der Waals surface area contributed by atoms with Crippen LogP contribution in [0.15, 0.2) is 0 Å². The number of halogens is 3. The second-order valence-corrected chi connectivity index (χ2v) is 6.03. The van der Waals surface area contributed by atoms with Crippen LogP contribution in [0.2, 0.25) is 0 Å². The molecule has 0 radical (unpaired) electrons. The summed E-state index contributed by atoms with van der Waals surface area (Å²) in [7, 11) is 0. The molecule has 1 aliphatic carbocycles. The first-order valence-electron chi connectivity index (χ1n) is 7.77. The number of hydrogen-bond acceptors (Lipinski definition) is 1. The van der Waals surface area contributed by atoms with Crippen molar-refractivity contribution in [3.05, 3.63) is 0 Å². The quantitative estimate of drug-likeness (QED) is 0.649. The van der Waals surface area contributed by atoms with Crippen molar-refractivity contribution in [2.45, 2.75) is 83.4 Å². The first-order valence-corrected chi connectivity index (χ1v) is 7.77. The zero-order valence-corrected chi connectivity index (χ0v) is 12.0. The van der Waals surface area contributed by atoms with Gasteiger partial charge in [-0.1, -0.05) is 45.4 Å². The Labute approximate surface area is 115 Å². The highest BCUT2D eigenvalue weighted by molar-refractivity contribution is 4.83. The van der Waals surface area contributed by atoms with Gasteiger partial charge in [0, 0.05) is 6.04 Å². The molecule has 4 heteroatoms. The first kappa shape index (κ1) is 16.8. The van der Waals surface area contributed by atoms with Crippen LogP contribution >= 0.6 is 0 Å². The van der Waals surface area contributed by atoms with Gasteiger partial charge in [-0.3, -0.25) is 0 Å². The van der Waals surface area contributed by atoms with Crippen LogP contribution in [0.25, 0.3) is 0 Å². The fourth-order valence-corrected chi connectivity index (χ4v) is 3.13. The van der Waals surface area contributed by atoms with Crippen LogP contribution in [0.1, 0.15) is 71.1 Å². The fourth-order valence-electron chi connectivity index (χ4n) is 3.13. The molecule has 114 valence electrons. The summed E-state index contributed by atoms with van der Waals surface area (Å²) >= 11 is 0. The highest BCUT2D eigenvalue weighted by Gasteiger charge is 2.42. The Hall–Kier alpha value is -0.250. The summed E-state index contributed by atoms with van der Waals surface area (Å²) in [6.45, 7) is 2.17. The summed E-state index contributed by atoms with van der Waals surface area (Å²) in [5.41, 5.74) is 6.10. The third kappa shape index (κ3) is 6.15. The van der Waals surface area contributed by atoms with Gasteiger partial charge in [0.15, 0.2) is 0 Å². The number of alkyl halides is 3. The van der Waals surface area contributed by atoms with Crippen LogP contribution in [0.5, 0.6) is 0 Å². The van der Waals surface area contributed by atoms with Crippen molar-refractivity contribution in [2.24, 2.45) is 17.6 Å². The fraction of sp³-hybridized carbons (Fsp3) is 1.00. The SMILES string of the molecule is CCCCCCCC(N)C1CCCC(C(F)(F)F)C1. The van der Waals surface area contributed by atoms with E-state index in [1.807, 2.05) is 0 Å². The molecule has 1 nitrogen and oxygen atoms in total. The predicted octanol–water partition coefficient (Wildman–Crippen LogP) is 5.04. The molecule has 0 saturated heterocycles. The minimum absolute atomic E-state index is 0.0354. The van der Waals surface area contributed by atoms with Gasteiger partial charge in [0.1, 0.15) is 0 Å². The third-order valence-electron chi connectivity index (χ3n) is 4.42. The van der Waals surface area contributed by atoms with Gasteiger partial charge in [-0.2, -0.15) is 13.2 Å². The zero-order chi connectivity index (χ0) is 14.3. The summed E-state index contributed by atoms with van der Waals surface area (Å²) in [6, 6.07) is -0.0354. The van der Waals surface area contributed by atoms with Gasteiger partial charge in [-0.05, 0) is 31.6 Å². The lowest BCUT2D eigenvalue weighted by Gasteiger charge is -2.33. The van der Waals surface area contributed by atoms with E-state index in [4.69, 9.17) is 5.73 Å². The maximum Gasteiger partial charge on any atom is 0.391 e. The lowest BCUT2D eigenvalue weighted by Crippen LogP contribution is -2.37. The van der Waals surface area contributed by atoms with Crippen molar-refractivity contribution in [1.29, 1.82) is 0 Å². The Morgan fingerprint density at radius 2 is 1.79 bits per heavy atom. The van der Waals surface area contributed by atoms with E-state index in [2.05, 4.69) is 6.92 Å². The van der Waals surface area contributed by atoms with Gasteiger partial charge in [0.05, 0.1) is 5.92 Å². The van der Waals surface area contributed by atoms with Gasteiger partial charge >= 0.3 is 6.18 Å². The molecule has 0 bridgehead atoms. The monoisotopic (exact) mass is 279 g/mol. The van der Waals surface area contributed by atoms with E-state index < -0.39 is 12.1 Å². The van der Waals surface area contributed by atoms with Crippen LogP contribution in [0, 0.1) is 11.8 Å². The van der Waals surface area contributed by atoms with Gasteiger partial charge in [-0.25, -0.2) is 0 Å². The van der Waals surface area contributed by atoms with E-state index in [-0.39, 0.29) is 18.4 Å². The summed E-state index contributed by atoms with van der Waals surface area (Å²) in [5, 5.41) is 0. The van der Waals surface area contributed by atoms with Crippen LogP contribution in [0.3, 0.4) is 0 Å². The molecule has 0 aromatic carbocycles. The minimum Gasteiger partial charge on any atom is -0.327 e. The Morgan fingerprint density at radius 1 is 1.11 bits per heavy atom.